The van der Waals surface area contributed by atoms with E-state index < -0.39 is 55.1 Å². The Morgan fingerprint density at radius 1 is 1.08 bits per heavy atom. The van der Waals surface area contributed by atoms with Crippen molar-refractivity contribution < 1.29 is 43.2 Å². The van der Waals surface area contributed by atoms with Crippen LogP contribution in [0.15, 0.2) is 0 Å². The molecule has 0 unspecified atom stereocenters. The lowest BCUT2D eigenvalue weighted by atomic mass is 10.2. The summed E-state index contributed by atoms with van der Waals surface area (Å²) in [5.41, 5.74) is -0.828. The SMILES string of the molecule is CC(C)OC(=O)OCOC(=O)[C@H](CC(=O)O)NC(=O)OC(C)(C)C. The summed E-state index contributed by atoms with van der Waals surface area (Å²) < 4.78 is 18.6. The van der Waals surface area contributed by atoms with E-state index in [1.807, 2.05) is 0 Å². The van der Waals surface area contributed by atoms with Crippen LogP contribution in [0.5, 0.6) is 0 Å². The molecule has 10 nitrogen and oxygen atoms in total. The Kier molecular flexibility index (Phi) is 8.58. The van der Waals surface area contributed by atoms with E-state index in [1.54, 1.807) is 34.6 Å². The highest BCUT2D eigenvalue weighted by molar-refractivity contribution is 5.85. The standard InChI is InChI=1S/C14H23NO9/c1-8(2)23-13(20)22-7-21-11(18)9(6-10(16)17)15-12(19)24-14(3,4)5/h8-9H,6-7H2,1-5H3,(H,15,19)(H,16,17)/t9-/m0/s1. The number of aliphatic carboxylic acids is 1. The molecule has 0 aromatic heterocycles. The average Bonchev–Trinajstić information content (AvgIpc) is 2.33. The zero-order valence-corrected chi connectivity index (χ0v) is 14.3. The molecular weight excluding hydrogens is 326 g/mol. The van der Waals surface area contributed by atoms with Gasteiger partial charge in [0.15, 0.2) is 0 Å². The van der Waals surface area contributed by atoms with Gasteiger partial charge in [0.2, 0.25) is 6.79 Å². The number of rotatable bonds is 7. The van der Waals surface area contributed by atoms with Crippen LogP contribution in [-0.4, -0.2) is 53.8 Å². The highest BCUT2D eigenvalue weighted by Gasteiger charge is 2.28. The monoisotopic (exact) mass is 349 g/mol. The summed E-state index contributed by atoms with van der Waals surface area (Å²) in [4.78, 5) is 45.3. The van der Waals surface area contributed by atoms with Crippen molar-refractivity contribution in [2.45, 2.75) is 58.8 Å². The predicted molar refractivity (Wildman–Crippen MR) is 79.1 cm³/mol. The molecular formula is C14H23NO9. The topological polar surface area (TPSA) is 137 Å². The summed E-state index contributed by atoms with van der Waals surface area (Å²) in [6.07, 6.45) is -3.17. The Balaban J connectivity index is 4.53. The number of carboxylic acids is 1. The number of ether oxygens (including phenoxy) is 4. The average molecular weight is 349 g/mol. The highest BCUT2D eigenvalue weighted by Crippen LogP contribution is 2.08. The van der Waals surface area contributed by atoms with Gasteiger partial charge in [-0.25, -0.2) is 14.4 Å². The van der Waals surface area contributed by atoms with Gasteiger partial charge >= 0.3 is 24.2 Å². The maximum absolute atomic E-state index is 11.8. The van der Waals surface area contributed by atoms with Crippen molar-refractivity contribution in [3.63, 3.8) is 0 Å². The number of nitrogens with one attached hydrogen (secondary N) is 1. The summed E-state index contributed by atoms with van der Waals surface area (Å²) >= 11 is 0. The first-order valence-electron chi connectivity index (χ1n) is 7.12. The van der Waals surface area contributed by atoms with Gasteiger partial charge in [0.25, 0.3) is 0 Å². The van der Waals surface area contributed by atoms with Crippen molar-refractivity contribution in [1.29, 1.82) is 0 Å². The third-order valence-electron chi connectivity index (χ3n) is 2.06. The Bertz CT molecular complexity index is 467. The molecule has 24 heavy (non-hydrogen) atoms. The molecule has 0 bridgehead atoms. The van der Waals surface area contributed by atoms with E-state index in [4.69, 9.17) is 9.84 Å². The van der Waals surface area contributed by atoms with Crippen molar-refractivity contribution >= 4 is 24.2 Å². The molecule has 0 heterocycles. The minimum Gasteiger partial charge on any atom is -0.481 e. The Hall–Kier alpha value is -2.52. The number of amides is 1. The van der Waals surface area contributed by atoms with E-state index in [9.17, 15) is 19.2 Å². The molecule has 0 aromatic carbocycles. The van der Waals surface area contributed by atoms with Gasteiger partial charge in [-0.1, -0.05) is 0 Å². The Morgan fingerprint density at radius 3 is 2.12 bits per heavy atom. The number of hydrogen-bond acceptors (Lipinski definition) is 8. The molecule has 1 amide bonds. The van der Waals surface area contributed by atoms with Gasteiger partial charge < -0.3 is 29.4 Å². The zero-order valence-electron chi connectivity index (χ0n) is 14.3. The van der Waals surface area contributed by atoms with Gasteiger partial charge in [0.1, 0.15) is 11.6 Å². The number of esters is 1. The molecule has 0 fully saturated rings. The van der Waals surface area contributed by atoms with Gasteiger partial charge in [0.05, 0.1) is 12.5 Å². The number of carbonyl (C=O) groups is 4. The fraction of sp³-hybridized carbons (Fsp3) is 0.714. The smallest absolute Gasteiger partial charge is 0.481 e. The van der Waals surface area contributed by atoms with Crippen LogP contribution in [-0.2, 0) is 28.5 Å². The molecule has 0 aliphatic carbocycles. The quantitative estimate of drug-likeness (QED) is 0.397. The van der Waals surface area contributed by atoms with Gasteiger partial charge in [0, 0.05) is 0 Å². The summed E-state index contributed by atoms with van der Waals surface area (Å²) in [5.74, 6) is -2.44. The van der Waals surface area contributed by atoms with Crippen LogP contribution in [0, 0.1) is 0 Å². The molecule has 0 aliphatic heterocycles. The number of hydrogen-bond donors (Lipinski definition) is 2. The van der Waals surface area contributed by atoms with Crippen LogP contribution in [0.4, 0.5) is 9.59 Å². The van der Waals surface area contributed by atoms with E-state index in [2.05, 4.69) is 19.5 Å². The second kappa shape index (κ2) is 9.58. The normalized spacial score (nSPS) is 12.1. The molecule has 0 spiro atoms. The van der Waals surface area contributed by atoms with Crippen molar-refractivity contribution in [2.24, 2.45) is 0 Å². The molecule has 0 radical (unpaired) electrons. The lowest BCUT2D eigenvalue weighted by Crippen LogP contribution is -2.45. The largest absolute Gasteiger partial charge is 0.511 e. The predicted octanol–water partition coefficient (Wildman–Crippen LogP) is 1.42. The van der Waals surface area contributed by atoms with Crippen molar-refractivity contribution in [3.05, 3.63) is 0 Å². The molecule has 1 atom stereocenters. The van der Waals surface area contributed by atoms with Gasteiger partial charge in [-0.05, 0) is 34.6 Å². The first kappa shape index (κ1) is 21.5. The van der Waals surface area contributed by atoms with E-state index >= 15 is 0 Å². The molecule has 0 rings (SSSR count). The van der Waals surface area contributed by atoms with Crippen molar-refractivity contribution in [1.82, 2.24) is 5.32 Å². The van der Waals surface area contributed by atoms with E-state index in [0.29, 0.717) is 0 Å². The number of alkyl carbamates (subject to hydrolysis) is 1. The summed E-state index contributed by atoms with van der Waals surface area (Å²) in [5, 5.41) is 10.9. The molecule has 0 saturated carbocycles. The minimum atomic E-state index is -1.50. The lowest BCUT2D eigenvalue weighted by molar-refractivity contribution is -0.158. The van der Waals surface area contributed by atoms with Crippen LogP contribution in [0.25, 0.3) is 0 Å². The third-order valence-corrected chi connectivity index (χ3v) is 2.06. The van der Waals surface area contributed by atoms with Gasteiger partial charge in [-0.3, -0.25) is 4.79 Å². The fourth-order valence-electron chi connectivity index (χ4n) is 1.28. The van der Waals surface area contributed by atoms with Gasteiger partial charge in [-0.15, -0.1) is 0 Å². The lowest BCUT2D eigenvalue weighted by Gasteiger charge is -2.22. The van der Waals surface area contributed by atoms with Crippen molar-refractivity contribution in [3.8, 4) is 0 Å². The molecule has 0 saturated heterocycles. The summed E-state index contributed by atoms with van der Waals surface area (Å²) in [6, 6.07) is -1.50. The molecule has 0 aliphatic rings. The first-order chi connectivity index (χ1) is 10.9. The fourth-order valence-corrected chi connectivity index (χ4v) is 1.28. The molecule has 2 N–H and O–H groups in total. The second-order valence-electron chi connectivity index (χ2n) is 5.94. The third kappa shape index (κ3) is 11.1. The number of carboxylic acid groups (broad SMARTS) is 1. The van der Waals surface area contributed by atoms with Gasteiger partial charge in [-0.2, -0.15) is 0 Å². The highest BCUT2D eigenvalue weighted by atomic mass is 16.8. The van der Waals surface area contributed by atoms with E-state index in [1.165, 1.54) is 0 Å². The molecule has 138 valence electrons. The Labute approximate surface area is 139 Å². The van der Waals surface area contributed by atoms with Crippen LogP contribution >= 0.6 is 0 Å². The summed E-state index contributed by atoms with van der Waals surface area (Å²) in [6.45, 7) is 7.22. The second-order valence-corrected chi connectivity index (χ2v) is 5.94. The summed E-state index contributed by atoms with van der Waals surface area (Å²) in [7, 11) is 0. The Morgan fingerprint density at radius 2 is 1.67 bits per heavy atom. The molecule has 10 heteroatoms. The molecule has 0 aromatic rings. The van der Waals surface area contributed by atoms with Crippen LogP contribution in [0.3, 0.4) is 0 Å². The zero-order chi connectivity index (χ0) is 18.9. The van der Waals surface area contributed by atoms with E-state index in [0.717, 1.165) is 0 Å². The maximum atomic E-state index is 11.8. The van der Waals surface area contributed by atoms with Crippen LogP contribution in [0.1, 0.15) is 41.0 Å². The number of carbonyl (C=O) groups excluding carboxylic acids is 3. The first-order valence-corrected chi connectivity index (χ1v) is 7.12. The van der Waals surface area contributed by atoms with Crippen LogP contribution < -0.4 is 5.32 Å². The minimum absolute atomic E-state index is 0.415. The van der Waals surface area contributed by atoms with E-state index in [-0.39, 0.29) is 0 Å². The van der Waals surface area contributed by atoms with Crippen LogP contribution in [0.2, 0.25) is 0 Å². The van der Waals surface area contributed by atoms with Crippen molar-refractivity contribution in [2.75, 3.05) is 6.79 Å². The maximum Gasteiger partial charge on any atom is 0.511 e.